The first-order valence-corrected chi connectivity index (χ1v) is 7.72. The van der Waals surface area contributed by atoms with Crippen molar-refractivity contribution in [2.45, 2.75) is 0 Å². The summed E-state index contributed by atoms with van der Waals surface area (Å²) in [5.74, 6) is -0.537. The zero-order valence-corrected chi connectivity index (χ0v) is 14.1. The third-order valence-electron chi connectivity index (χ3n) is 3.43. The van der Waals surface area contributed by atoms with Gasteiger partial charge in [0.25, 0.3) is 11.8 Å². The number of amides is 2. The van der Waals surface area contributed by atoms with E-state index < -0.39 is 11.8 Å². The Morgan fingerprint density at radius 2 is 1.75 bits per heavy atom. The van der Waals surface area contributed by atoms with Crippen LogP contribution in [0.25, 0.3) is 0 Å². The Hall–Kier alpha value is -2.50. The molecule has 1 aliphatic rings. The van der Waals surface area contributed by atoms with Crippen molar-refractivity contribution in [1.82, 2.24) is 0 Å². The summed E-state index contributed by atoms with van der Waals surface area (Å²) in [7, 11) is 1.54. The summed E-state index contributed by atoms with van der Waals surface area (Å²) in [6, 6.07) is 13.4. The third kappa shape index (κ3) is 2.96. The molecule has 24 heavy (non-hydrogen) atoms. The van der Waals surface area contributed by atoms with Crippen LogP contribution in [0.3, 0.4) is 0 Å². The molecule has 2 aromatic carbocycles. The fourth-order valence-electron chi connectivity index (χ4n) is 2.31. The predicted molar refractivity (Wildman–Crippen MR) is 93.4 cm³/mol. The standard InChI is InChI=1S/C17H12Cl2N2O3/c1-24-13-7-3-5-11(9-13)20-15-14(19)16(22)21(17(15)23)12-6-2-4-10(18)8-12/h2-9,20H,1H3. The number of rotatable bonds is 4. The number of halogens is 2. The van der Waals surface area contributed by atoms with Gasteiger partial charge < -0.3 is 10.1 Å². The summed E-state index contributed by atoms with van der Waals surface area (Å²) in [6.45, 7) is 0. The van der Waals surface area contributed by atoms with Crippen molar-refractivity contribution >= 4 is 46.4 Å². The zero-order valence-electron chi connectivity index (χ0n) is 12.5. The smallest absolute Gasteiger partial charge is 0.283 e. The molecule has 0 saturated heterocycles. The van der Waals surface area contributed by atoms with Gasteiger partial charge in [0.05, 0.1) is 12.8 Å². The lowest BCUT2D eigenvalue weighted by atomic mass is 10.2. The number of ether oxygens (including phenoxy) is 1. The van der Waals surface area contributed by atoms with E-state index in [1.54, 1.807) is 42.5 Å². The molecular weight excluding hydrogens is 351 g/mol. The Morgan fingerprint density at radius 3 is 2.46 bits per heavy atom. The molecule has 0 bridgehead atoms. The first-order chi connectivity index (χ1) is 11.5. The van der Waals surface area contributed by atoms with E-state index in [2.05, 4.69) is 5.32 Å². The lowest BCUT2D eigenvalue weighted by Gasteiger charge is -2.15. The van der Waals surface area contributed by atoms with Crippen LogP contribution in [-0.4, -0.2) is 18.9 Å². The molecule has 0 spiro atoms. The molecule has 0 radical (unpaired) electrons. The van der Waals surface area contributed by atoms with Crippen molar-refractivity contribution in [2.24, 2.45) is 0 Å². The van der Waals surface area contributed by atoms with Crippen LogP contribution in [0.5, 0.6) is 5.75 Å². The van der Waals surface area contributed by atoms with Gasteiger partial charge in [0.15, 0.2) is 0 Å². The van der Waals surface area contributed by atoms with Crippen LogP contribution in [0.2, 0.25) is 5.02 Å². The van der Waals surface area contributed by atoms with Crippen LogP contribution in [0.15, 0.2) is 59.3 Å². The predicted octanol–water partition coefficient (Wildman–Crippen LogP) is 3.78. The molecule has 0 aromatic heterocycles. The lowest BCUT2D eigenvalue weighted by molar-refractivity contribution is -0.120. The lowest BCUT2D eigenvalue weighted by Crippen LogP contribution is -2.32. The van der Waals surface area contributed by atoms with Crippen LogP contribution >= 0.6 is 23.2 Å². The second-order valence-corrected chi connectivity index (χ2v) is 5.79. The maximum atomic E-state index is 12.6. The van der Waals surface area contributed by atoms with E-state index in [1.807, 2.05) is 0 Å². The van der Waals surface area contributed by atoms with Gasteiger partial charge in [0.2, 0.25) is 0 Å². The molecular formula is C17H12Cl2N2O3. The zero-order chi connectivity index (χ0) is 17.3. The Balaban J connectivity index is 1.91. The van der Waals surface area contributed by atoms with E-state index in [0.717, 1.165) is 4.90 Å². The quantitative estimate of drug-likeness (QED) is 0.840. The van der Waals surface area contributed by atoms with Crippen molar-refractivity contribution < 1.29 is 14.3 Å². The Labute approximate surface area is 148 Å². The SMILES string of the molecule is COc1cccc(NC2=C(Cl)C(=O)N(c3cccc(Cl)c3)C2=O)c1. The van der Waals surface area contributed by atoms with Gasteiger partial charge in [-0.05, 0) is 30.3 Å². The number of carbonyl (C=O) groups is 2. The van der Waals surface area contributed by atoms with Crippen molar-refractivity contribution in [2.75, 3.05) is 17.3 Å². The molecule has 1 heterocycles. The third-order valence-corrected chi connectivity index (χ3v) is 4.02. The molecule has 0 unspecified atom stereocenters. The minimum Gasteiger partial charge on any atom is -0.497 e. The number of hydrogen-bond donors (Lipinski definition) is 1. The Bertz CT molecular complexity index is 864. The molecule has 2 amide bonds. The highest BCUT2D eigenvalue weighted by atomic mass is 35.5. The van der Waals surface area contributed by atoms with E-state index in [-0.39, 0.29) is 10.7 Å². The number of anilines is 2. The van der Waals surface area contributed by atoms with Gasteiger partial charge in [-0.3, -0.25) is 9.59 Å². The molecule has 0 fully saturated rings. The van der Waals surface area contributed by atoms with E-state index in [0.29, 0.717) is 22.1 Å². The number of benzene rings is 2. The van der Waals surface area contributed by atoms with Gasteiger partial charge in [-0.15, -0.1) is 0 Å². The molecule has 5 nitrogen and oxygen atoms in total. The average molecular weight is 363 g/mol. The molecule has 2 aromatic rings. The van der Waals surface area contributed by atoms with Crippen LogP contribution in [0.4, 0.5) is 11.4 Å². The van der Waals surface area contributed by atoms with Gasteiger partial charge in [-0.2, -0.15) is 0 Å². The first kappa shape index (κ1) is 16.4. The molecule has 0 saturated carbocycles. The second kappa shape index (κ2) is 6.55. The fraction of sp³-hybridized carbons (Fsp3) is 0.0588. The largest absolute Gasteiger partial charge is 0.497 e. The van der Waals surface area contributed by atoms with E-state index in [4.69, 9.17) is 27.9 Å². The number of carbonyl (C=O) groups excluding carboxylic acids is 2. The van der Waals surface area contributed by atoms with Crippen LogP contribution in [-0.2, 0) is 9.59 Å². The van der Waals surface area contributed by atoms with Gasteiger partial charge in [-0.1, -0.05) is 35.3 Å². The normalized spacial score (nSPS) is 14.4. The average Bonchev–Trinajstić information content (AvgIpc) is 2.79. The highest BCUT2D eigenvalue weighted by Crippen LogP contribution is 2.31. The Kier molecular flexibility index (Phi) is 4.46. The van der Waals surface area contributed by atoms with Crippen LogP contribution in [0, 0.1) is 0 Å². The Morgan fingerprint density at radius 1 is 1.00 bits per heavy atom. The summed E-state index contributed by atoms with van der Waals surface area (Å²) < 4.78 is 5.13. The van der Waals surface area contributed by atoms with Crippen molar-refractivity contribution in [3.8, 4) is 5.75 Å². The molecule has 7 heteroatoms. The van der Waals surface area contributed by atoms with Crippen molar-refractivity contribution in [3.63, 3.8) is 0 Å². The van der Waals surface area contributed by atoms with Gasteiger partial charge in [-0.25, -0.2) is 4.90 Å². The number of hydrogen-bond acceptors (Lipinski definition) is 4. The van der Waals surface area contributed by atoms with E-state index in [1.165, 1.54) is 13.2 Å². The van der Waals surface area contributed by atoms with Gasteiger partial charge >= 0.3 is 0 Å². The molecule has 1 N–H and O–H groups in total. The number of methoxy groups -OCH3 is 1. The minimum absolute atomic E-state index is 0.00916. The molecule has 3 rings (SSSR count). The highest BCUT2D eigenvalue weighted by Gasteiger charge is 2.39. The van der Waals surface area contributed by atoms with Gasteiger partial charge in [0.1, 0.15) is 16.5 Å². The summed E-state index contributed by atoms with van der Waals surface area (Å²) in [6.07, 6.45) is 0. The highest BCUT2D eigenvalue weighted by molar-refractivity contribution is 6.53. The summed E-state index contributed by atoms with van der Waals surface area (Å²) in [4.78, 5) is 26.0. The second-order valence-electron chi connectivity index (χ2n) is 4.97. The molecule has 122 valence electrons. The number of nitrogens with zero attached hydrogens (tertiary/aromatic N) is 1. The maximum Gasteiger partial charge on any atom is 0.283 e. The molecule has 0 aliphatic carbocycles. The van der Waals surface area contributed by atoms with Gasteiger partial charge in [0, 0.05) is 16.8 Å². The summed E-state index contributed by atoms with van der Waals surface area (Å²) in [5, 5.41) is 3.12. The molecule has 0 atom stereocenters. The fourth-order valence-corrected chi connectivity index (χ4v) is 2.70. The van der Waals surface area contributed by atoms with E-state index >= 15 is 0 Å². The van der Waals surface area contributed by atoms with Crippen LogP contribution in [0.1, 0.15) is 0 Å². The first-order valence-electron chi connectivity index (χ1n) is 6.96. The summed E-state index contributed by atoms with van der Waals surface area (Å²) in [5.41, 5.74) is 0.949. The topological polar surface area (TPSA) is 58.6 Å². The van der Waals surface area contributed by atoms with Crippen LogP contribution < -0.4 is 15.0 Å². The molecule has 1 aliphatic heterocycles. The van der Waals surface area contributed by atoms with Crippen molar-refractivity contribution in [1.29, 1.82) is 0 Å². The van der Waals surface area contributed by atoms with Crippen molar-refractivity contribution in [3.05, 3.63) is 64.3 Å². The summed E-state index contributed by atoms with van der Waals surface area (Å²) >= 11 is 12.0. The number of imide groups is 1. The monoisotopic (exact) mass is 362 g/mol. The van der Waals surface area contributed by atoms with E-state index in [9.17, 15) is 9.59 Å². The maximum absolute atomic E-state index is 12.6. The minimum atomic E-state index is -0.602. The number of nitrogens with one attached hydrogen (secondary N) is 1.